The van der Waals surface area contributed by atoms with E-state index in [2.05, 4.69) is 5.32 Å². The van der Waals surface area contributed by atoms with Crippen LogP contribution < -0.4 is 10.1 Å². The molecule has 0 bridgehead atoms. The molecule has 0 aliphatic carbocycles. The maximum absolute atomic E-state index is 10.9. The molecule has 2 N–H and O–H groups in total. The molecular formula is C11H13NO4. The topological polar surface area (TPSA) is 67.8 Å². The molecule has 5 nitrogen and oxygen atoms in total. The number of amides is 1. The van der Waals surface area contributed by atoms with Crippen LogP contribution in [0, 0.1) is 0 Å². The number of carbonyl (C=O) groups excluding carboxylic acids is 1. The van der Waals surface area contributed by atoms with Gasteiger partial charge in [0.05, 0.1) is 12.6 Å². The van der Waals surface area contributed by atoms with Gasteiger partial charge in [0.15, 0.2) is 11.5 Å². The third-order valence-electron chi connectivity index (χ3n) is 2.36. The average molecular weight is 223 g/mol. The fourth-order valence-electron chi connectivity index (χ4n) is 1.58. The Balaban J connectivity index is 2.21. The fraction of sp³-hybridized carbons (Fsp3) is 0.364. The number of benzene rings is 1. The number of carbonyl (C=O) groups is 1. The van der Waals surface area contributed by atoms with Crippen LogP contribution in [-0.4, -0.2) is 24.4 Å². The van der Waals surface area contributed by atoms with Crippen molar-refractivity contribution in [2.45, 2.75) is 13.0 Å². The highest BCUT2D eigenvalue weighted by atomic mass is 16.6. The maximum Gasteiger partial charge on any atom is 0.407 e. The highest BCUT2D eigenvalue weighted by molar-refractivity contribution is 5.70. The number of nitrogens with one attached hydrogen (secondary N) is 1. The summed E-state index contributed by atoms with van der Waals surface area (Å²) in [6.45, 7) is 2.62. The minimum atomic E-state index is -0.420. The zero-order chi connectivity index (χ0) is 11.5. The van der Waals surface area contributed by atoms with E-state index in [1.807, 2.05) is 6.92 Å². The molecule has 16 heavy (non-hydrogen) atoms. The number of rotatable bonds is 3. The van der Waals surface area contributed by atoms with Gasteiger partial charge in [0.2, 0.25) is 0 Å². The van der Waals surface area contributed by atoms with E-state index in [1.54, 1.807) is 18.2 Å². The summed E-state index contributed by atoms with van der Waals surface area (Å²) < 4.78 is 10.1. The molecule has 0 spiro atoms. The van der Waals surface area contributed by atoms with E-state index in [0.717, 1.165) is 5.56 Å². The summed E-state index contributed by atoms with van der Waals surface area (Å²) >= 11 is 0. The van der Waals surface area contributed by atoms with Crippen molar-refractivity contribution in [3.63, 3.8) is 0 Å². The first kappa shape index (κ1) is 10.6. The number of phenolic OH excluding ortho intramolecular Hbond substituents is 1. The van der Waals surface area contributed by atoms with Crippen molar-refractivity contribution in [1.29, 1.82) is 0 Å². The van der Waals surface area contributed by atoms with E-state index in [1.165, 1.54) is 0 Å². The van der Waals surface area contributed by atoms with E-state index in [0.29, 0.717) is 19.0 Å². The molecule has 1 aromatic rings. The molecule has 2 rings (SSSR count). The number of hydrogen-bond donors (Lipinski definition) is 2. The third-order valence-corrected chi connectivity index (χ3v) is 2.36. The first-order chi connectivity index (χ1) is 7.70. The molecule has 86 valence electrons. The second-order valence-corrected chi connectivity index (χ2v) is 3.46. The lowest BCUT2D eigenvalue weighted by atomic mass is 10.1. The summed E-state index contributed by atoms with van der Waals surface area (Å²) in [4.78, 5) is 10.9. The molecule has 1 atom stereocenters. The summed E-state index contributed by atoms with van der Waals surface area (Å²) in [5, 5.41) is 12.2. The highest BCUT2D eigenvalue weighted by Crippen LogP contribution is 2.30. The van der Waals surface area contributed by atoms with Crippen molar-refractivity contribution >= 4 is 6.09 Å². The maximum atomic E-state index is 10.9. The molecule has 1 heterocycles. The van der Waals surface area contributed by atoms with Gasteiger partial charge in [0.25, 0.3) is 0 Å². The van der Waals surface area contributed by atoms with Crippen LogP contribution >= 0.6 is 0 Å². The Kier molecular flexibility index (Phi) is 2.85. The molecule has 0 radical (unpaired) electrons. The lowest BCUT2D eigenvalue weighted by Gasteiger charge is -2.11. The smallest absolute Gasteiger partial charge is 0.407 e. The molecule has 0 saturated carbocycles. The van der Waals surface area contributed by atoms with E-state index >= 15 is 0 Å². The minimum absolute atomic E-state index is 0.0934. The first-order valence-corrected chi connectivity index (χ1v) is 5.09. The molecule has 1 saturated heterocycles. The Morgan fingerprint density at radius 1 is 1.62 bits per heavy atom. The van der Waals surface area contributed by atoms with Gasteiger partial charge in [-0.15, -0.1) is 0 Å². The van der Waals surface area contributed by atoms with Gasteiger partial charge in [-0.3, -0.25) is 0 Å². The van der Waals surface area contributed by atoms with Crippen molar-refractivity contribution in [1.82, 2.24) is 5.32 Å². The number of aromatic hydroxyl groups is 1. The Morgan fingerprint density at radius 2 is 2.44 bits per heavy atom. The van der Waals surface area contributed by atoms with E-state index < -0.39 is 6.09 Å². The average Bonchev–Trinajstić information content (AvgIpc) is 2.69. The number of hydrogen-bond acceptors (Lipinski definition) is 4. The van der Waals surface area contributed by atoms with Gasteiger partial charge in [-0.2, -0.15) is 0 Å². The summed E-state index contributed by atoms with van der Waals surface area (Å²) in [7, 11) is 0. The molecule has 0 aromatic heterocycles. The molecule has 5 heteroatoms. The lowest BCUT2D eigenvalue weighted by Crippen LogP contribution is -2.18. The summed E-state index contributed by atoms with van der Waals surface area (Å²) in [6, 6.07) is 4.81. The number of ether oxygens (including phenoxy) is 2. The monoisotopic (exact) mass is 223 g/mol. The van der Waals surface area contributed by atoms with Crippen molar-refractivity contribution in [2.75, 3.05) is 13.2 Å². The van der Waals surface area contributed by atoms with Crippen LogP contribution in [-0.2, 0) is 4.74 Å². The Hall–Kier alpha value is -1.91. The molecule has 1 aliphatic rings. The van der Waals surface area contributed by atoms with Gasteiger partial charge in [0.1, 0.15) is 6.61 Å². The van der Waals surface area contributed by atoms with Crippen LogP contribution in [0.15, 0.2) is 18.2 Å². The van der Waals surface area contributed by atoms with Crippen LogP contribution in [0.3, 0.4) is 0 Å². The second kappa shape index (κ2) is 4.30. The van der Waals surface area contributed by atoms with Crippen molar-refractivity contribution in [3.05, 3.63) is 23.8 Å². The van der Waals surface area contributed by atoms with Gasteiger partial charge in [-0.1, -0.05) is 6.07 Å². The van der Waals surface area contributed by atoms with Crippen molar-refractivity contribution in [2.24, 2.45) is 0 Å². The van der Waals surface area contributed by atoms with Crippen LogP contribution in [0.5, 0.6) is 11.5 Å². The molecule has 1 amide bonds. The van der Waals surface area contributed by atoms with Gasteiger partial charge >= 0.3 is 6.09 Å². The van der Waals surface area contributed by atoms with Gasteiger partial charge in [-0.05, 0) is 24.6 Å². The van der Waals surface area contributed by atoms with Crippen molar-refractivity contribution < 1.29 is 19.4 Å². The van der Waals surface area contributed by atoms with Gasteiger partial charge < -0.3 is 19.9 Å². The summed E-state index contributed by atoms with van der Waals surface area (Å²) in [5.41, 5.74) is 0.854. The largest absolute Gasteiger partial charge is 0.504 e. The van der Waals surface area contributed by atoms with Crippen molar-refractivity contribution in [3.8, 4) is 11.5 Å². The lowest BCUT2D eigenvalue weighted by molar-refractivity contribution is 0.177. The second-order valence-electron chi connectivity index (χ2n) is 3.46. The third kappa shape index (κ3) is 2.03. The summed E-state index contributed by atoms with van der Waals surface area (Å²) in [5.74, 6) is 0.511. The van der Waals surface area contributed by atoms with E-state index in [4.69, 9.17) is 9.47 Å². The SMILES string of the molecule is CCOc1cc([C@H]2COC(=O)N2)ccc1O. The minimum Gasteiger partial charge on any atom is -0.504 e. The summed E-state index contributed by atoms with van der Waals surface area (Å²) in [6.07, 6.45) is -0.420. The van der Waals surface area contributed by atoms with E-state index in [-0.39, 0.29) is 11.8 Å². The van der Waals surface area contributed by atoms with Crippen LogP contribution in [0.1, 0.15) is 18.5 Å². The van der Waals surface area contributed by atoms with Gasteiger partial charge in [-0.25, -0.2) is 4.79 Å². The Bertz CT molecular complexity index is 405. The molecule has 0 unspecified atom stereocenters. The Labute approximate surface area is 93.0 Å². The fourth-order valence-corrected chi connectivity index (χ4v) is 1.58. The van der Waals surface area contributed by atoms with Gasteiger partial charge in [0, 0.05) is 0 Å². The molecular weight excluding hydrogens is 210 g/mol. The highest BCUT2D eigenvalue weighted by Gasteiger charge is 2.24. The normalized spacial score (nSPS) is 19.1. The van der Waals surface area contributed by atoms with Crippen LogP contribution in [0.2, 0.25) is 0 Å². The predicted octanol–water partition coefficient (Wildman–Crippen LogP) is 1.57. The molecule has 1 fully saturated rings. The zero-order valence-corrected chi connectivity index (χ0v) is 8.90. The number of phenols is 1. The quantitative estimate of drug-likeness (QED) is 0.816. The Morgan fingerprint density at radius 3 is 3.06 bits per heavy atom. The standard InChI is InChI=1S/C11H13NO4/c1-2-15-10-5-7(3-4-9(10)13)8-6-16-11(14)12-8/h3-5,8,13H,2,6H2,1H3,(H,12,14)/t8-/m1/s1. The van der Waals surface area contributed by atoms with E-state index in [9.17, 15) is 9.90 Å². The molecule has 1 aliphatic heterocycles. The zero-order valence-electron chi connectivity index (χ0n) is 8.90. The van der Waals surface area contributed by atoms with Crippen LogP contribution in [0.4, 0.5) is 4.79 Å². The number of alkyl carbamates (subject to hydrolysis) is 1. The first-order valence-electron chi connectivity index (χ1n) is 5.09. The molecule has 1 aromatic carbocycles. The van der Waals surface area contributed by atoms with Crippen LogP contribution in [0.25, 0.3) is 0 Å². The predicted molar refractivity (Wildman–Crippen MR) is 56.5 cm³/mol. The number of cyclic esters (lactones) is 1.